The number of thioether (sulfide) groups is 1. The molecule has 1 heterocycles. The van der Waals surface area contributed by atoms with Crippen LogP contribution in [0.3, 0.4) is 0 Å². The highest BCUT2D eigenvalue weighted by Gasteiger charge is 2.03. The second-order valence-corrected chi connectivity index (χ2v) is 4.73. The molecule has 1 N–H and O–H groups in total. The van der Waals surface area contributed by atoms with E-state index in [2.05, 4.69) is 9.97 Å². The molecule has 0 saturated carbocycles. The highest BCUT2D eigenvalue weighted by Crippen LogP contribution is 2.26. The minimum atomic E-state index is 0. The summed E-state index contributed by atoms with van der Waals surface area (Å²) in [5.41, 5.74) is 1.06. The zero-order valence-electron chi connectivity index (χ0n) is 8.11. The summed E-state index contributed by atoms with van der Waals surface area (Å²) in [7, 11) is 0. The van der Waals surface area contributed by atoms with Gasteiger partial charge < -0.3 is 4.98 Å². The molecule has 16 heavy (non-hydrogen) atoms. The number of rotatable bonds is 3. The van der Waals surface area contributed by atoms with E-state index in [1.165, 1.54) is 0 Å². The van der Waals surface area contributed by atoms with E-state index >= 15 is 0 Å². The predicted octanol–water partition coefficient (Wildman–Crippen LogP) is 4.43. The maximum Gasteiger partial charge on any atom is 0.165 e. The molecule has 2 rings (SSSR count). The second kappa shape index (κ2) is 6.40. The Balaban J connectivity index is 0.00000128. The molecule has 1 aromatic heterocycles. The highest BCUT2D eigenvalue weighted by atomic mass is 35.5. The van der Waals surface area contributed by atoms with E-state index in [1.54, 1.807) is 30.2 Å². The smallest absolute Gasteiger partial charge is 0.165 e. The van der Waals surface area contributed by atoms with Crippen LogP contribution in [0.5, 0.6) is 0 Å². The maximum absolute atomic E-state index is 6.04. The van der Waals surface area contributed by atoms with E-state index in [9.17, 15) is 0 Å². The number of hydrogen-bond donors (Lipinski definition) is 1. The molecular weight excluding hydrogens is 287 g/mol. The van der Waals surface area contributed by atoms with Crippen molar-refractivity contribution in [1.82, 2.24) is 9.97 Å². The minimum Gasteiger partial charge on any atom is -0.340 e. The van der Waals surface area contributed by atoms with Crippen LogP contribution in [0.15, 0.2) is 35.7 Å². The Labute approximate surface area is 114 Å². The number of aromatic nitrogens is 2. The van der Waals surface area contributed by atoms with Crippen molar-refractivity contribution in [2.45, 2.75) is 10.9 Å². The van der Waals surface area contributed by atoms with E-state index in [4.69, 9.17) is 23.2 Å². The largest absolute Gasteiger partial charge is 0.340 e. The van der Waals surface area contributed by atoms with Gasteiger partial charge in [-0.3, -0.25) is 0 Å². The van der Waals surface area contributed by atoms with Gasteiger partial charge in [-0.05, 0) is 17.7 Å². The van der Waals surface area contributed by atoms with Gasteiger partial charge in [0.1, 0.15) is 0 Å². The summed E-state index contributed by atoms with van der Waals surface area (Å²) in [6.45, 7) is 0. The van der Waals surface area contributed by atoms with E-state index in [-0.39, 0.29) is 12.4 Å². The van der Waals surface area contributed by atoms with Crippen LogP contribution in [0.2, 0.25) is 10.0 Å². The van der Waals surface area contributed by atoms with E-state index in [1.807, 2.05) is 12.1 Å². The van der Waals surface area contributed by atoms with Crippen molar-refractivity contribution in [1.29, 1.82) is 0 Å². The van der Waals surface area contributed by atoms with Gasteiger partial charge in [0, 0.05) is 28.2 Å². The molecule has 0 bridgehead atoms. The molecule has 0 atom stereocenters. The van der Waals surface area contributed by atoms with Crippen LogP contribution in [0.25, 0.3) is 0 Å². The summed E-state index contributed by atoms with van der Waals surface area (Å²) < 4.78 is 0. The van der Waals surface area contributed by atoms with Gasteiger partial charge in [-0.15, -0.1) is 12.4 Å². The Hall–Kier alpha value is -0.350. The molecule has 0 aliphatic heterocycles. The molecule has 0 unspecified atom stereocenters. The number of nitrogens with zero attached hydrogens (tertiary/aromatic N) is 1. The van der Waals surface area contributed by atoms with Gasteiger partial charge in [0.25, 0.3) is 0 Å². The van der Waals surface area contributed by atoms with Crippen LogP contribution < -0.4 is 0 Å². The average Bonchev–Trinajstić information content (AvgIpc) is 2.69. The molecule has 0 saturated heterocycles. The van der Waals surface area contributed by atoms with Crippen LogP contribution in [-0.4, -0.2) is 9.97 Å². The molecule has 0 radical (unpaired) electrons. The Morgan fingerprint density at radius 1 is 1.31 bits per heavy atom. The molecule has 86 valence electrons. The highest BCUT2D eigenvalue weighted by molar-refractivity contribution is 7.98. The van der Waals surface area contributed by atoms with Gasteiger partial charge in [0.05, 0.1) is 0 Å². The van der Waals surface area contributed by atoms with Gasteiger partial charge in [-0.1, -0.05) is 41.0 Å². The Kier molecular flexibility index (Phi) is 5.49. The van der Waals surface area contributed by atoms with Crippen molar-refractivity contribution in [2.24, 2.45) is 0 Å². The fraction of sp³-hybridized carbons (Fsp3) is 0.100. The molecular formula is C10H9Cl3N2S. The number of H-pyrrole nitrogens is 1. The summed E-state index contributed by atoms with van der Waals surface area (Å²) in [5.74, 6) is 0.781. The van der Waals surface area contributed by atoms with E-state index < -0.39 is 0 Å². The molecule has 0 aliphatic rings. The van der Waals surface area contributed by atoms with Gasteiger partial charge >= 0.3 is 0 Å². The standard InChI is InChI=1S/C10H8Cl2N2S.ClH/c11-8-2-1-7(9(12)5-8)6-15-10-13-3-4-14-10;/h1-5H,6H2,(H,13,14);1H. The monoisotopic (exact) mass is 294 g/mol. The molecule has 6 heteroatoms. The van der Waals surface area contributed by atoms with Crippen LogP contribution in [0.1, 0.15) is 5.56 Å². The summed E-state index contributed by atoms with van der Waals surface area (Å²) in [6.07, 6.45) is 3.53. The van der Waals surface area contributed by atoms with Crippen molar-refractivity contribution in [2.75, 3.05) is 0 Å². The van der Waals surface area contributed by atoms with Gasteiger partial charge in [-0.2, -0.15) is 0 Å². The first-order valence-electron chi connectivity index (χ1n) is 4.32. The average molecular weight is 296 g/mol. The molecule has 2 nitrogen and oxygen atoms in total. The molecule has 0 aliphatic carbocycles. The first-order valence-corrected chi connectivity index (χ1v) is 6.06. The van der Waals surface area contributed by atoms with E-state index in [0.29, 0.717) is 10.0 Å². The molecule has 0 fully saturated rings. The Bertz CT molecular complexity index is 445. The molecule has 1 aromatic carbocycles. The van der Waals surface area contributed by atoms with Crippen LogP contribution in [0, 0.1) is 0 Å². The van der Waals surface area contributed by atoms with Crippen molar-refractivity contribution in [3.63, 3.8) is 0 Å². The number of imidazole rings is 1. The lowest BCUT2D eigenvalue weighted by Crippen LogP contribution is -1.83. The third kappa shape index (κ3) is 3.59. The third-order valence-corrected chi connectivity index (χ3v) is 3.39. The van der Waals surface area contributed by atoms with Gasteiger partial charge in [0.2, 0.25) is 0 Å². The fourth-order valence-electron chi connectivity index (χ4n) is 1.11. The minimum absolute atomic E-state index is 0. The van der Waals surface area contributed by atoms with Gasteiger partial charge in [-0.25, -0.2) is 4.98 Å². The van der Waals surface area contributed by atoms with Crippen molar-refractivity contribution in [3.8, 4) is 0 Å². The third-order valence-electron chi connectivity index (χ3n) is 1.85. The number of hydrogen-bond acceptors (Lipinski definition) is 2. The maximum atomic E-state index is 6.04. The van der Waals surface area contributed by atoms with Crippen LogP contribution >= 0.6 is 47.4 Å². The normalized spacial score (nSPS) is 9.88. The summed E-state index contributed by atoms with van der Waals surface area (Å²) in [4.78, 5) is 7.14. The summed E-state index contributed by atoms with van der Waals surface area (Å²) in [6, 6.07) is 5.52. The second-order valence-electron chi connectivity index (χ2n) is 2.92. The first-order chi connectivity index (χ1) is 7.25. The molecule has 2 aromatic rings. The Morgan fingerprint density at radius 2 is 2.12 bits per heavy atom. The Morgan fingerprint density at radius 3 is 2.75 bits per heavy atom. The van der Waals surface area contributed by atoms with Crippen LogP contribution in [-0.2, 0) is 5.75 Å². The number of aromatic amines is 1. The SMILES string of the molecule is Cl.Clc1ccc(CSc2ncc[nH]2)c(Cl)c1. The molecule has 0 amide bonds. The van der Waals surface area contributed by atoms with Gasteiger partial charge in [0.15, 0.2) is 5.16 Å². The topological polar surface area (TPSA) is 28.7 Å². The lowest BCUT2D eigenvalue weighted by molar-refractivity contribution is 1.06. The summed E-state index contributed by atoms with van der Waals surface area (Å²) >= 11 is 13.5. The fourth-order valence-corrected chi connectivity index (χ4v) is 2.50. The lowest BCUT2D eigenvalue weighted by Gasteiger charge is -2.02. The zero-order chi connectivity index (χ0) is 10.7. The first kappa shape index (κ1) is 13.7. The van der Waals surface area contributed by atoms with Crippen molar-refractivity contribution in [3.05, 3.63) is 46.2 Å². The van der Waals surface area contributed by atoms with Crippen molar-refractivity contribution < 1.29 is 0 Å². The number of benzene rings is 1. The van der Waals surface area contributed by atoms with Crippen LogP contribution in [0.4, 0.5) is 0 Å². The number of halogens is 3. The predicted molar refractivity (Wildman–Crippen MR) is 71.9 cm³/mol. The number of nitrogens with one attached hydrogen (secondary N) is 1. The summed E-state index contributed by atoms with van der Waals surface area (Å²) in [5, 5.41) is 2.24. The van der Waals surface area contributed by atoms with Crippen molar-refractivity contribution >= 4 is 47.4 Å². The zero-order valence-corrected chi connectivity index (χ0v) is 11.3. The van der Waals surface area contributed by atoms with E-state index in [0.717, 1.165) is 16.5 Å². The quantitative estimate of drug-likeness (QED) is 0.849. The lowest BCUT2D eigenvalue weighted by atomic mass is 10.2. The molecule has 0 spiro atoms.